The first-order valence-corrected chi connectivity index (χ1v) is 19.6. The van der Waals surface area contributed by atoms with E-state index in [1.807, 2.05) is 12.2 Å². The molecule has 2 aliphatic heterocycles. The number of rotatable bonds is 8. The lowest BCUT2D eigenvalue weighted by Gasteiger charge is -2.29. The molecule has 3 amide bonds. The highest BCUT2D eigenvalue weighted by molar-refractivity contribution is 7.84. The minimum atomic E-state index is -1.44. The molecule has 2 unspecified atom stereocenters. The van der Waals surface area contributed by atoms with Crippen LogP contribution in [0.2, 0.25) is 0 Å². The van der Waals surface area contributed by atoms with Gasteiger partial charge in [-0.1, -0.05) is 31.1 Å². The fraction of sp³-hybridized carbons (Fsp3) is 0.568. The third kappa shape index (κ3) is 7.99. The number of carbonyl (C=O) groups is 5. The number of benzene rings is 1. The molecule has 2 saturated carbocycles. The first kappa shape index (κ1) is 37.4. The predicted molar refractivity (Wildman–Crippen MR) is 191 cm³/mol. The monoisotopic (exact) mass is 737 g/mol. The van der Waals surface area contributed by atoms with Crippen LogP contribution in [0.4, 0.5) is 4.79 Å². The summed E-state index contributed by atoms with van der Waals surface area (Å²) >= 11 is 0. The molecule has 14 nitrogen and oxygen atoms in total. The lowest BCUT2D eigenvalue weighted by molar-refractivity contribution is -0.148. The van der Waals surface area contributed by atoms with E-state index in [0.29, 0.717) is 35.1 Å². The number of para-hydroxylation sites is 1. The van der Waals surface area contributed by atoms with Gasteiger partial charge in [0.1, 0.15) is 41.3 Å². The maximum Gasteiger partial charge on any atom is 0.408 e. The summed E-state index contributed by atoms with van der Waals surface area (Å²) in [5, 5.41) is 6.21. The summed E-state index contributed by atoms with van der Waals surface area (Å²) in [7, 11) is -0.167. The van der Waals surface area contributed by atoms with Crippen molar-refractivity contribution in [3.63, 3.8) is 0 Å². The van der Waals surface area contributed by atoms with Crippen LogP contribution in [0.25, 0.3) is 10.9 Å². The Labute approximate surface area is 305 Å². The normalized spacial score (nSPS) is 28.0. The Morgan fingerprint density at radius 3 is 2.60 bits per heavy atom. The number of fused-ring (bicyclic) bond motifs is 3. The fourth-order valence-electron chi connectivity index (χ4n) is 7.60. The molecular formula is C37H47N5O9S. The molecule has 52 heavy (non-hydrogen) atoms. The lowest BCUT2D eigenvalue weighted by Crippen LogP contribution is -2.56. The van der Waals surface area contributed by atoms with Gasteiger partial charge in [0.05, 0.1) is 41.4 Å². The number of aromatic nitrogens is 1. The van der Waals surface area contributed by atoms with Crippen LogP contribution in [0.3, 0.4) is 0 Å². The van der Waals surface area contributed by atoms with Gasteiger partial charge in [0, 0.05) is 30.0 Å². The lowest BCUT2D eigenvalue weighted by atomic mass is 10.0. The topological polar surface area (TPSA) is 196 Å². The Morgan fingerprint density at radius 2 is 1.87 bits per heavy atom. The molecule has 6 rings (SSSR count). The first-order valence-electron chi connectivity index (χ1n) is 18.1. The van der Waals surface area contributed by atoms with Gasteiger partial charge in [0.25, 0.3) is 0 Å². The Bertz CT molecular complexity index is 1780. The molecule has 2 aromatic rings. The quantitative estimate of drug-likeness (QED) is 0.205. The standard InChI is InChI=1S/C37H47N5O9S/c1-49-35(46)37-19-22(37)11-6-4-3-5-7-15-26(40-36(47)51-23-12-8-9-13-23)34(45)42-21-24(17-28(42)33(44)41-37)50-30-18-27(29(43)20-38)39-32-25(30)14-10-16-31(32)52(2)48/h6,10-11,14,16,18,22-24,26,28H,3-5,7-9,12-13,15,17,19-21,38H2,1-2H3,(H,40,47)(H,41,44)/b11-6-/t22?,24-,26+,28+,37-,52?/m1/s1. The van der Waals surface area contributed by atoms with Crippen LogP contribution < -0.4 is 21.1 Å². The molecule has 280 valence electrons. The molecule has 4 aliphatic rings. The molecule has 4 N–H and O–H groups in total. The third-order valence-corrected chi connectivity index (χ3v) is 11.4. The molecule has 0 bridgehead atoms. The summed E-state index contributed by atoms with van der Waals surface area (Å²) in [4.78, 5) is 73.8. The summed E-state index contributed by atoms with van der Waals surface area (Å²) in [6.45, 7) is -0.344. The Kier molecular flexibility index (Phi) is 11.6. The average Bonchev–Trinajstić information content (AvgIpc) is 3.41. The minimum absolute atomic E-state index is 0.0300. The zero-order valence-corrected chi connectivity index (χ0v) is 30.4. The van der Waals surface area contributed by atoms with Gasteiger partial charge in [0.2, 0.25) is 11.8 Å². The van der Waals surface area contributed by atoms with Gasteiger partial charge in [-0.05, 0) is 63.5 Å². The summed E-state index contributed by atoms with van der Waals surface area (Å²) < 4.78 is 29.9. The average molecular weight is 738 g/mol. The number of methoxy groups -OCH3 is 1. The van der Waals surface area contributed by atoms with Crippen molar-refractivity contribution in [2.75, 3.05) is 26.5 Å². The highest BCUT2D eigenvalue weighted by atomic mass is 32.2. The number of ketones is 1. The van der Waals surface area contributed by atoms with Crippen LogP contribution in [0.5, 0.6) is 5.75 Å². The van der Waals surface area contributed by atoms with E-state index in [1.54, 1.807) is 18.2 Å². The second-order valence-corrected chi connectivity index (χ2v) is 15.4. The number of nitrogens with zero attached hydrogens (tertiary/aromatic N) is 2. The van der Waals surface area contributed by atoms with Crippen molar-refractivity contribution in [3.8, 4) is 5.75 Å². The molecular weight excluding hydrogens is 691 g/mol. The van der Waals surface area contributed by atoms with Crippen molar-refractivity contribution in [1.82, 2.24) is 20.5 Å². The van der Waals surface area contributed by atoms with Gasteiger partial charge in [-0.15, -0.1) is 0 Å². The summed E-state index contributed by atoms with van der Waals surface area (Å²) in [5.41, 5.74) is 4.76. The molecule has 0 radical (unpaired) electrons. The van der Waals surface area contributed by atoms with Crippen LogP contribution in [0.1, 0.15) is 81.1 Å². The van der Waals surface area contributed by atoms with Crippen molar-refractivity contribution < 1.29 is 42.4 Å². The number of carbonyl (C=O) groups excluding carboxylic acids is 5. The molecule has 0 spiro atoms. The van der Waals surface area contributed by atoms with Gasteiger partial charge < -0.3 is 35.5 Å². The summed E-state index contributed by atoms with van der Waals surface area (Å²) in [5.74, 6) is -2.04. The maximum absolute atomic E-state index is 14.5. The van der Waals surface area contributed by atoms with E-state index >= 15 is 0 Å². The molecule has 3 heterocycles. The second-order valence-electron chi connectivity index (χ2n) is 14.1. The van der Waals surface area contributed by atoms with Gasteiger partial charge in [-0.3, -0.25) is 18.6 Å². The number of amides is 3. The smallest absolute Gasteiger partial charge is 0.408 e. The summed E-state index contributed by atoms with van der Waals surface area (Å²) in [6, 6.07) is 4.53. The highest BCUT2D eigenvalue weighted by Crippen LogP contribution is 2.46. The van der Waals surface area contributed by atoms with Crippen molar-refractivity contribution in [2.45, 2.75) is 105 Å². The Hall–Kier alpha value is -4.37. The number of Topliss-reactive ketones (excluding diaryl/α,β-unsaturated/α-hetero) is 1. The van der Waals surface area contributed by atoms with Crippen LogP contribution in [-0.4, -0.2) is 100 Å². The Balaban J connectivity index is 1.33. The maximum atomic E-state index is 14.5. The van der Waals surface area contributed by atoms with E-state index in [1.165, 1.54) is 24.3 Å². The highest BCUT2D eigenvalue weighted by Gasteiger charge is 2.62. The van der Waals surface area contributed by atoms with E-state index < -0.39 is 64.2 Å². The number of nitrogens with two attached hydrogens (primary N) is 1. The van der Waals surface area contributed by atoms with Crippen LogP contribution >= 0.6 is 0 Å². The number of nitrogens with one attached hydrogen (secondary N) is 2. The van der Waals surface area contributed by atoms with Gasteiger partial charge in [-0.2, -0.15) is 0 Å². The second kappa shape index (κ2) is 16.1. The van der Waals surface area contributed by atoms with Gasteiger partial charge >= 0.3 is 12.1 Å². The Morgan fingerprint density at radius 1 is 1.10 bits per heavy atom. The van der Waals surface area contributed by atoms with Crippen LogP contribution in [0, 0.1) is 5.92 Å². The predicted octanol–water partition coefficient (Wildman–Crippen LogP) is 3.07. The number of allylic oxidation sites excluding steroid dienone is 1. The molecule has 1 aromatic carbocycles. The number of hydrogen-bond donors (Lipinski definition) is 3. The van der Waals surface area contributed by atoms with Crippen molar-refractivity contribution >= 4 is 51.4 Å². The van der Waals surface area contributed by atoms with Crippen LogP contribution in [-0.2, 0) is 34.7 Å². The number of ether oxygens (including phenoxy) is 3. The number of hydrogen-bond acceptors (Lipinski definition) is 11. The summed E-state index contributed by atoms with van der Waals surface area (Å²) in [6.07, 6.45) is 11.1. The van der Waals surface area contributed by atoms with Crippen LogP contribution in [0.15, 0.2) is 41.3 Å². The van der Waals surface area contributed by atoms with E-state index in [9.17, 15) is 28.2 Å². The molecule has 2 aliphatic carbocycles. The van der Waals surface area contributed by atoms with Crippen molar-refractivity contribution in [1.29, 1.82) is 0 Å². The molecule has 1 aromatic heterocycles. The molecule has 3 fully saturated rings. The fourth-order valence-corrected chi connectivity index (χ4v) is 8.29. The minimum Gasteiger partial charge on any atom is -0.488 e. The van der Waals surface area contributed by atoms with E-state index in [2.05, 4.69) is 15.6 Å². The number of pyridine rings is 1. The largest absolute Gasteiger partial charge is 0.488 e. The number of esters is 1. The molecule has 6 atom stereocenters. The third-order valence-electron chi connectivity index (χ3n) is 10.5. The van der Waals surface area contributed by atoms with Gasteiger partial charge in [0.15, 0.2) is 5.78 Å². The SMILES string of the molecule is COC(=O)[C@@]12CC1/C=C\CCCCC[C@H](NC(=O)OC1CCCC1)C(=O)N1C[C@H](Oc3cc(C(=O)CN)nc4c(S(C)=O)cccc34)C[C@H]1C(=O)N2. The number of alkyl carbamates (subject to hydrolysis) is 1. The molecule has 1 saturated heterocycles. The van der Waals surface area contributed by atoms with Crippen molar-refractivity contribution in [2.24, 2.45) is 11.7 Å². The van der Waals surface area contributed by atoms with E-state index in [4.69, 9.17) is 19.9 Å². The first-order chi connectivity index (χ1) is 25.0. The zero-order valence-electron chi connectivity index (χ0n) is 29.6. The zero-order chi connectivity index (χ0) is 37.0. The van der Waals surface area contributed by atoms with Crippen molar-refractivity contribution in [3.05, 3.63) is 42.1 Å². The van der Waals surface area contributed by atoms with E-state index in [-0.39, 0.29) is 43.0 Å². The van der Waals surface area contributed by atoms with Gasteiger partial charge in [-0.25, -0.2) is 14.6 Å². The molecule has 15 heteroatoms. The van der Waals surface area contributed by atoms with E-state index in [0.717, 1.165) is 44.9 Å².